The SMILES string of the molecule is O=C(C=Cc1ccccc1)Nc1nc(CC(=O)NCCc2c[nH]c3ccccc23)cs1. The standard InChI is InChI=1S/C24H22N4O2S/c29-22(11-10-17-6-2-1-3-7-17)28-24-27-19(16-31-24)14-23(30)25-13-12-18-15-26-21-9-5-4-8-20(18)21/h1-11,15-16,26H,12-14H2,(H,25,30)(H,27,28,29). The molecular weight excluding hydrogens is 408 g/mol. The van der Waals surface area contributed by atoms with Crippen molar-refractivity contribution < 1.29 is 9.59 Å². The van der Waals surface area contributed by atoms with Crippen LogP contribution in [0.1, 0.15) is 16.8 Å². The van der Waals surface area contributed by atoms with Crippen LogP contribution in [0.4, 0.5) is 5.13 Å². The van der Waals surface area contributed by atoms with Gasteiger partial charge in [-0.15, -0.1) is 11.3 Å². The van der Waals surface area contributed by atoms with E-state index in [1.807, 2.05) is 54.7 Å². The van der Waals surface area contributed by atoms with Gasteiger partial charge in [0.05, 0.1) is 12.1 Å². The number of anilines is 1. The average Bonchev–Trinajstić information content (AvgIpc) is 3.40. The highest BCUT2D eigenvalue weighted by Gasteiger charge is 2.09. The highest BCUT2D eigenvalue weighted by atomic mass is 32.1. The van der Waals surface area contributed by atoms with E-state index in [0.29, 0.717) is 17.4 Å². The Morgan fingerprint density at radius 2 is 1.87 bits per heavy atom. The number of nitrogens with zero attached hydrogens (tertiary/aromatic N) is 1. The van der Waals surface area contributed by atoms with E-state index in [1.54, 1.807) is 11.5 Å². The number of thiazole rings is 1. The summed E-state index contributed by atoms with van der Waals surface area (Å²) in [7, 11) is 0. The fourth-order valence-corrected chi connectivity index (χ4v) is 3.94. The molecule has 2 aromatic carbocycles. The van der Waals surface area contributed by atoms with E-state index in [9.17, 15) is 9.59 Å². The lowest BCUT2D eigenvalue weighted by Crippen LogP contribution is -2.27. The Labute approximate surface area is 184 Å². The minimum Gasteiger partial charge on any atom is -0.361 e. The van der Waals surface area contributed by atoms with Crippen molar-refractivity contribution in [2.24, 2.45) is 0 Å². The predicted octanol–water partition coefficient (Wildman–Crippen LogP) is 4.18. The molecule has 4 rings (SSSR count). The molecule has 0 aliphatic heterocycles. The maximum Gasteiger partial charge on any atom is 0.250 e. The van der Waals surface area contributed by atoms with Crippen molar-refractivity contribution >= 4 is 45.3 Å². The molecule has 2 amide bonds. The topological polar surface area (TPSA) is 86.9 Å². The van der Waals surface area contributed by atoms with Crippen molar-refractivity contribution in [2.75, 3.05) is 11.9 Å². The van der Waals surface area contributed by atoms with Crippen LogP contribution in [0.15, 0.2) is 72.3 Å². The number of H-pyrrole nitrogens is 1. The van der Waals surface area contributed by atoms with E-state index in [0.717, 1.165) is 17.5 Å². The zero-order chi connectivity index (χ0) is 21.5. The lowest BCUT2D eigenvalue weighted by molar-refractivity contribution is -0.120. The van der Waals surface area contributed by atoms with Crippen molar-refractivity contribution in [3.05, 3.63) is 89.1 Å². The molecular formula is C24H22N4O2S. The summed E-state index contributed by atoms with van der Waals surface area (Å²) >= 11 is 1.30. The normalized spacial score (nSPS) is 11.1. The molecule has 0 saturated carbocycles. The smallest absolute Gasteiger partial charge is 0.250 e. The number of amides is 2. The summed E-state index contributed by atoms with van der Waals surface area (Å²) in [6.07, 6.45) is 6.12. The number of aromatic nitrogens is 2. The van der Waals surface area contributed by atoms with Crippen molar-refractivity contribution in [2.45, 2.75) is 12.8 Å². The quantitative estimate of drug-likeness (QED) is 0.367. The predicted molar refractivity (Wildman–Crippen MR) is 125 cm³/mol. The first kappa shape index (κ1) is 20.6. The third kappa shape index (κ3) is 5.67. The van der Waals surface area contributed by atoms with Gasteiger partial charge in [-0.1, -0.05) is 48.5 Å². The minimum atomic E-state index is -0.257. The van der Waals surface area contributed by atoms with E-state index < -0.39 is 0 Å². The van der Waals surface area contributed by atoms with E-state index >= 15 is 0 Å². The number of carbonyl (C=O) groups is 2. The van der Waals surface area contributed by atoms with Crippen molar-refractivity contribution in [1.82, 2.24) is 15.3 Å². The van der Waals surface area contributed by atoms with Gasteiger partial charge in [-0.3, -0.25) is 14.9 Å². The molecule has 156 valence electrons. The highest BCUT2D eigenvalue weighted by Crippen LogP contribution is 2.18. The summed E-state index contributed by atoms with van der Waals surface area (Å²) in [5.41, 5.74) is 3.86. The van der Waals surface area contributed by atoms with Gasteiger partial charge in [-0.25, -0.2) is 4.98 Å². The molecule has 0 aliphatic rings. The van der Waals surface area contributed by atoms with Crippen LogP contribution in [0.3, 0.4) is 0 Å². The molecule has 0 unspecified atom stereocenters. The third-order valence-corrected chi connectivity index (χ3v) is 5.55. The van der Waals surface area contributed by atoms with Crippen LogP contribution in [-0.2, 0) is 22.4 Å². The number of para-hydroxylation sites is 1. The number of aromatic amines is 1. The van der Waals surface area contributed by atoms with E-state index in [-0.39, 0.29) is 18.2 Å². The fraction of sp³-hybridized carbons (Fsp3) is 0.125. The zero-order valence-electron chi connectivity index (χ0n) is 16.8. The summed E-state index contributed by atoms with van der Waals surface area (Å²) in [5, 5.41) is 9.11. The summed E-state index contributed by atoms with van der Waals surface area (Å²) in [4.78, 5) is 31.9. The van der Waals surface area contributed by atoms with Gasteiger partial charge >= 0.3 is 0 Å². The third-order valence-electron chi connectivity index (χ3n) is 4.74. The number of carbonyl (C=O) groups excluding carboxylic acids is 2. The van der Waals surface area contributed by atoms with Crippen molar-refractivity contribution in [3.8, 4) is 0 Å². The van der Waals surface area contributed by atoms with Crippen LogP contribution in [-0.4, -0.2) is 28.3 Å². The second kappa shape index (κ2) is 9.86. The van der Waals surface area contributed by atoms with Gasteiger partial charge in [-0.05, 0) is 29.7 Å². The molecule has 0 spiro atoms. The largest absolute Gasteiger partial charge is 0.361 e. The number of nitrogens with one attached hydrogen (secondary N) is 3. The number of hydrogen-bond acceptors (Lipinski definition) is 4. The Bertz CT molecular complexity index is 1210. The Kier molecular flexibility index (Phi) is 6.54. The Balaban J connectivity index is 1.23. The summed E-state index contributed by atoms with van der Waals surface area (Å²) in [5.74, 6) is -0.347. The summed E-state index contributed by atoms with van der Waals surface area (Å²) in [6.45, 7) is 0.554. The molecule has 0 bridgehead atoms. The average molecular weight is 431 g/mol. The van der Waals surface area contributed by atoms with Crippen LogP contribution in [0.5, 0.6) is 0 Å². The number of fused-ring (bicyclic) bond motifs is 1. The first-order valence-corrected chi connectivity index (χ1v) is 10.9. The van der Waals surface area contributed by atoms with Gasteiger partial charge in [0.25, 0.3) is 0 Å². The Morgan fingerprint density at radius 1 is 1.06 bits per heavy atom. The van der Waals surface area contributed by atoms with Crippen LogP contribution < -0.4 is 10.6 Å². The maximum absolute atomic E-state index is 12.2. The van der Waals surface area contributed by atoms with E-state index in [4.69, 9.17) is 0 Å². The molecule has 0 fully saturated rings. The number of benzene rings is 2. The van der Waals surface area contributed by atoms with E-state index in [2.05, 4.69) is 26.7 Å². The first-order valence-electron chi connectivity index (χ1n) is 9.97. The van der Waals surface area contributed by atoms with Crippen molar-refractivity contribution in [3.63, 3.8) is 0 Å². The molecule has 0 atom stereocenters. The molecule has 0 radical (unpaired) electrons. The van der Waals surface area contributed by atoms with Gasteiger partial charge in [0.15, 0.2) is 5.13 Å². The van der Waals surface area contributed by atoms with Gasteiger partial charge in [-0.2, -0.15) is 0 Å². The zero-order valence-corrected chi connectivity index (χ0v) is 17.6. The van der Waals surface area contributed by atoms with Crippen LogP contribution in [0.2, 0.25) is 0 Å². The molecule has 0 aliphatic carbocycles. The van der Waals surface area contributed by atoms with Crippen molar-refractivity contribution in [1.29, 1.82) is 0 Å². The minimum absolute atomic E-state index is 0.0907. The fourth-order valence-electron chi connectivity index (χ4n) is 3.23. The van der Waals surface area contributed by atoms with Gasteiger partial charge in [0.2, 0.25) is 11.8 Å². The van der Waals surface area contributed by atoms with Gasteiger partial charge in [0, 0.05) is 35.1 Å². The molecule has 31 heavy (non-hydrogen) atoms. The molecule has 4 aromatic rings. The Hall–Kier alpha value is -3.71. The summed E-state index contributed by atoms with van der Waals surface area (Å²) < 4.78 is 0. The molecule has 6 nitrogen and oxygen atoms in total. The lowest BCUT2D eigenvalue weighted by Gasteiger charge is -2.03. The molecule has 2 aromatic heterocycles. The first-order chi connectivity index (χ1) is 15.2. The lowest BCUT2D eigenvalue weighted by atomic mass is 10.1. The second-order valence-corrected chi connectivity index (χ2v) is 7.87. The highest BCUT2D eigenvalue weighted by molar-refractivity contribution is 7.14. The number of hydrogen-bond donors (Lipinski definition) is 3. The van der Waals surface area contributed by atoms with Gasteiger partial charge < -0.3 is 10.3 Å². The second-order valence-electron chi connectivity index (χ2n) is 7.01. The maximum atomic E-state index is 12.2. The monoisotopic (exact) mass is 430 g/mol. The molecule has 0 saturated heterocycles. The van der Waals surface area contributed by atoms with E-state index in [1.165, 1.54) is 28.4 Å². The summed E-state index contributed by atoms with van der Waals surface area (Å²) in [6, 6.07) is 17.7. The van der Waals surface area contributed by atoms with Gasteiger partial charge in [0.1, 0.15) is 0 Å². The molecule has 7 heteroatoms. The Morgan fingerprint density at radius 3 is 2.74 bits per heavy atom. The molecule has 3 N–H and O–H groups in total. The van der Waals surface area contributed by atoms with Crippen LogP contribution in [0.25, 0.3) is 17.0 Å². The van der Waals surface area contributed by atoms with Crippen LogP contribution >= 0.6 is 11.3 Å². The molecule has 2 heterocycles. The number of rotatable bonds is 8. The van der Waals surface area contributed by atoms with Crippen LogP contribution in [0, 0.1) is 0 Å².